The first-order valence-electron chi connectivity index (χ1n) is 12.9. The number of halogens is 1. The van der Waals surface area contributed by atoms with Crippen LogP contribution >= 0.6 is 0 Å². The van der Waals surface area contributed by atoms with Gasteiger partial charge in [-0.1, -0.05) is 24.3 Å². The number of anilines is 1. The largest absolute Gasteiger partial charge is 0.486 e. The number of methoxy groups -OCH3 is 1. The standard InChI is InChI=1S/C31H27FN4O4/c1-20(21-6-10-24(32)11-7-21)36-28-16-22(23-9-13-30(38-2)33-18-23)8-12-27(28)34-29(36)19-40-26-5-3-4-25(17-26)35-14-15-39-31(35)37/h3-13,16-18,20H,14-15,19H2,1-2H3/t20-/m0/s1. The third kappa shape index (κ3) is 4.93. The van der Waals surface area contributed by atoms with Gasteiger partial charge >= 0.3 is 6.09 Å². The maximum absolute atomic E-state index is 13.7. The molecule has 0 bridgehead atoms. The molecule has 1 fully saturated rings. The Kier molecular flexibility index (Phi) is 6.77. The van der Waals surface area contributed by atoms with Crippen LogP contribution in [0.15, 0.2) is 85.1 Å². The molecule has 6 rings (SSSR count). The summed E-state index contributed by atoms with van der Waals surface area (Å²) < 4.78 is 32.3. The van der Waals surface area contributed by atoms with Gasteiger partial charge in [0.05, 0.1) is 36.4 Å². The number of amides is 1. The molecule has 2 aromatic heterocycles. The van der Waals surface area contributed by atoms with E-state index in [9.17, 15) is 9.18 Å². The number of carbonyl (C=O) groups excluding carboxylic acids is 1. The number of ether oxygens (including phenoxy) is 3. The van der Waals surface area contributed by atoms with Crippen LogP contribution in [-0.2, 0) is 11.3 Å². The third-order valence-corrected chi connectivity index (χ3v) is 7.04. The van der Waals surface area contributed by atoms with Crippen LogP contribution < -0.4 is 14.4 Å². The number of hydrogen-bond acceptors (Lipinski definition) is 6. The van der Waals surface area contributed by atoms with Crippen molar-refractivity contribution in [3.8, 4) is 22.8 Å². The van der Waals surface area contributed by atoms with Gasteiger partial charge in [-0.25, -0.2) is 19.2 Å². The van der Waals surface area contributed by atoms with Crippen LogP contribution in [0.25, 0.3) is 22.2 Å². The summed E-state index contributed by atoms with van der Waals surface area (Å²) in [6, 6.07) is 23.5. The van der Waals surface area contributed by atoms with Gasteiger partial charge in [-0.2, -0.15) is 0 Å². The number of hydrogen-bond donors (Lipinski definition) is 0. The van der Waals surface area contributed by atoms with Crippen molar-refractivity contribution in [2.75, 3.05) is 25.2 Å². The molecule has 1 atom stereocenters. The van der Waals surface area contributed by atoms with Crippen molar-refractivity contribution in [2.45, 2.75) is 19.6 Å². The first-order valence-corrected chi connectivity index (χ1v) is 12.9. The molecule has 0 spiro atoms. The van der Waals surface area contributed by atoms with Gasteiger partial charge in [0.15, 0.2) is 0 Å². The highest BCUT2D eigenvalue weighted by Gasteiger charge is 2.24. The van der Waals surface area contributed by atoms with E-state index in [-0.39, 0.29) is 24.6 Å². The van der Waals surface area contributed by atoms with Crippen LogP contribution in [0.4, 0.5) is 14.9 Å². The Morgan fingerprint density at radius 2 is 1.85 bits per heavy atom. The highest BCUT2D eigenvalue weighted by molar-refractivity contribution is 5.89. The van der Waals surface area contributed by atoms with Crippen LogP contribution in [0.5, 0.6) is 11.6 Å². The van der Waals surface area contributed by atoms with Crippen molar-refractivity contribution in [1.29, 1.82) is 0 Å². The van der Waals surface area contributed by atoms with Gasteiger partial charge in [-0.15, -0.1) is 0 Å². The minimum Gasteiger partial charge on any atom is -0.486 e. The summed E-state index contributed by atoms with van der Waals surface area (Å²) in [5.74, 6) is 1.58. The fraction of sp³-hybridized carbons (Fsp3) is 0.194. The molecular formula is C31H27FN4O4. The van der Waals surface area contributed by atoms with Crippen LogP contribution in [0.1, 0.15) is 24.4 Å². The minimum atomic E-state index is -0.366. The SMILES string of the molecule is COc1ccc(-c2ccc3nc(COc4cccc(N5CCOC5=O)c4)n([C@@H](C)c4ccc(F)cc4)c3c2)cn1. The highest BCUT2D eigenvalue weighted by atomic mass is 19.1. The fourth-order valence-electron chi connectivity index (χ4n) is 4.94. The Bertz CT molecular complexity index is 1670. The molecule has 0 radical (unpaired) electrons. The molecule has 0 saturated carbocycles. The number of imidazole rings is 1. The number of pyridine rings is 1. The minimum absolute atomic E-state index is 0.154. The van der Waals surface area contributed by atoms with E-state index in [0.717, 1.165) is 27.7 Å². The quantitative estimate of drug-likeness (QED) is 0.228. The lowest BCUT2D eigenvalue weighted by Gasteiger charge is -2.19. The second kappa shape index (κ2) is 10.7. The van der Waals surface area contributed by atoms with Gasteiger partial charge in [0.25, 0.3) is 0 Å². The summed E-state index contributed by atoms with van der Waals surface area (Å²) in [6.45, 7) is 3.11. The zero-order chi connectivity index (χ0) is 27.6. The van der Waals surface area contributed by atoms with Crippen molar-refractivity contribution >= 4 is 22.8 Å². The normalized spacial score (nSPS) is 13.9. The lowest BCUT2D eigenvalue weighted by molar-refractivity contribution is 0.181. The molecule has 1 amide bonds. The maximum atomic E-state index is 13.7. The Morgan fingerprint density at radius 1 is 1.02 bits per heavy atom. The van der Waals surface area contributed by atoms with Crippen LogP contribution in [0.3, 0.4) is 0 Å². The van der Waals surface area contributed by atoms with E-state index in [4.69, 9.17) is 19.2 Å². The van der Waals surface area contributed by atoms with Crippen molar-refractivity contribution < 1.29 is 23.4 Å². The Hall–Kier alpha value is -4.92. The average Bonchev–Trinajstić information content (AvgIpc) is 3.59. The highest BCUT2D eigenvalue weighted by Crippen LogP contribution is 2.31. The molecular weight excluding hydrogens is 511 g/mol. The predicted molar refractivity (Wildman–Crippen MR) is 149 cm³/mol. The second-order valence-electron chi connectivity index (χ2n) is 9.47. The molecule has 3 aromatic carbocycles. The Balaban J connectivity index is 1.37. The lowest BCUT2D eigenvalue weighted by atomic mass is 10.1. The summed E-state index contributed by atoms with van der Waals surface area (Å²) in [7, 11) is 1.59. The smallest absolute Gasteiger partial charge is 0.414 e. The fourth-order valence-corrected chi connectivity index (χ4v) is 4.94. The first kappa shape index (κ1) is 25.4. The molecule has 0 N–H and O–H groups in total. The van der Waals surface area contributed by atoms with Crippen LogP contribution in [-0.4, -0.2) is 40.9 Å². The number of carbonyl (C=O) groups is 1. The molecule has 8 nitrogen and oxygen atoms in total. The zero-order valence-electron chi connectivity index (χ0n) is 22.1. The first-order chi connectivity index (χ1) is 19.5. The lowest BCUT2D eigenvalue weighted by Crippen LogP contribution is -2.23. The second-order valence-corrected chi connectivity index (χ2v) is 9.47. The number of cyclic esters (lactones) is 1. The van der Waals surface area contributed by atoms with Crippen LogP contribution in [0, 0.1) is 5.82 Å². The van der Waals surface area contributed by atoms with Gasteiger partial charge in [0.2, 0.25) is 5.88 Å². The monoisotopic (exact) mass is 538 g/mol. The van der Waals surface area contributed by atoms with Gasteiger partial charge in [0.1, 0.15) is 30.6 Å². The number of aromatic nitrogens is 3. The van der Waals surface area contributed by atoms with E-state index in [2.05, 4.69) is 22.5 Å². The Morgan fingerprint density at radius 3 is 2.58 bits per heavy atom. The molecule has 0 aliphatic carbocycles. The molecule has 1 saturated heterocycles. The van der Waals surface area contributed by atoms with Gasteiger partial charge in [-0.3, -0.25) is 4.90 Å². The molecule has 3 heterocycles. The van der Waals surface area contributed by atoms with E-state index in [1.54, 1.807) is 30.3 Å². The topological polar surface area (TPSA) is 78.7 Å². The summed E-state index contributed by atoms with van der Waals surface area (Å²) in [5, 5.41) is 0. The molecule has 0 unspecified atom stereocenters. The molecule has 9 heteroatoms. The van der Waals surface area contributed by atoms with E-state index in [1.807, 2.05) is 48.5 Å². The number of nitrogens with zero attached hydrogens (tertiary/aromatic N) is 4. The molecule has 1 aliphatic heterocycles. The third-order valence-electron chi connectivity index (χ3n) is 7.04. The van der Waals surface area contributed by atoms with E-state index < -0.39 is 0 Å². The number of rotatable bonds is 8. The summed E-state index contributed by atoms with van der Waals surface area (Å²) in [4.78, 5) is 22.8. The molecule has 5 aromatic rings. The van der Waals surface area contributed by atoms with Crippen LogP contribution in [0.2, 0.25) is 0 Å². The number of fused-ring (bicyclic) bond motifs is 1. The van der Waals surface area contributed by atoms with Gasteiger partial charge in [-0.05, 0) is 60.5 Å². The summed E-state index contributed by atoms with van der Waals surface area (Å²) in [5.41, 5.74) is 5.30. The summed E-state index contributed by atoms with van der Waals surface area (Å²) >= 11 is 0. The summed E-state index contributed by atoms with van der Waals surface area (Å²) in [6.07, 6.45) is 1.41. The number of benzene rings is 3. The van der Waals surface area contributed by atoms with E-state index in [0.29, 0.717) is 36.3 Å². The average molecular weight is 539 g/mol. The van der Waals surface area contributed by atoms with Gasteiger partial charge < -0.3 is 18.8 Å². The van der Waals surface area contributed by atoms with Crippen molar-refractivity contribution in [3.63, 3.8) is 0 Å². The van der Waals surface area contributed by atoms with Crippen molar-refractivity contribution in [1.82, 2.24) is 14.5 Å². The van der Waals surface area contributed by atoms with E-state index >= 15 is 0 Å². The van der Waals surface area contributed by atoms with Crippen molar-refractivity contribution in [2.24, 2.45) is 0 Å². The van der Waals surface area contributed by atoms with E-state index in [1.165, 1.54) is 12.1 Å². The van der Waals surface area contributed by atoms with Crippen molar-refractivity contribution in [3.05, 3.63) is 102 Å². The molecule has 202 valence electrons. The maximum Gasteiger partial charge on any atom is 0.414 e. The zero-order valence-corrected chi connectivity index (χ0v) is 22.1. The van der Waals surface area contributed by atoms with Gasteiger partial charge in [0, 0.05) is 23.9 Å². The molecule has 1 aliphatic rings. The predicted octanol–water partition coefficient (Wildman–Crippen LogP) is 6.39. The molecule has 40 heavy (non-hydrogen) atoms. The Labute approximate surface area is 230 Å².